The number of alkyl halides is 2. The third-order valence-corrected chi connectivity index (χ3v) is 3.66. The van der Waals surface area contributed by atoms with E-state index >= 15 is 0 Å². The van der Waals surface area contributed by atoms with E-state index in [0.717, 1.165) is 12.5 Å². The molecule has 0 heterocycles. The number of carbonyl (C=O) groups excluding carboxylic acids is 2. The molecule has 0 saturated heterocycles. The van der Waals surface area contributed by atoms with Crippen molar-refractivity contribution in [3.05, 3.63) is 29.8 Å². The molecule has 25 heavy (non-hydrogen) atoms. The van der Waals surface area contributed by atoms with Crippen LogP contribution >= 0.6 is 0 Å². The van der Waals surface area contributed by atoms with E-state index in [9.17, 15) is 18.4 Å². The number of carbonyl (C=O) groups is 2. The van der Waals surface area contributed by atoms with Crippen LogP contribution in [0.1, 0.15) is 32.3 Å². The Kier molecular flexibility index (Phi) is 8.48. The third-order valence-electron chi connectivity index (χ3n) is 3.66. The number of ketones is 1. The van der Waals surface area contributed by atoms with Gasteiger partial charge in [-0.25, -0.2) is 0 Å². The molecule has 0 N–H and O–H groups in total. The van der Waals surface area contributed by atoms with Crippen molar-refractivity contribution in [2.24, 2.45) is 0 Å². The summed E-state index contributed by atoms with van der Waals surface area (Å²) in [5.74, 6) is -4.27. The highest BCUT2D eigenvalue weighted by molar-refractivity contribution is 5.83. The van der Waals surface area contributed by atoms with Crippen molar-refractivity contribution in [1.82, 2.24) is 4.90 Å². The van der Waals surface area contributed by atoms with E-state index in [2.05, 4.69) is 0 Å². The van der Waals surface area contributed by atoms with Gasteiger partial charge in [0, 0.05) is 19.9 Å². The summed E-state index contributed by atoms with van der Waals surface area (Å²) in [4.78, 5) is 24.0. The van der Waals surface area contributed by atoms with Crippen molar-refractivity contribution in [2.45, 2.75) is 39.2 Å². The van der Waals surface area contributed by atoms with Crippen LogP contribution in [0, 0.1) is 0 Å². The third kappa shape index (κ3) is 7.60. The summed E-state index contributed by atoms with van der Waals surface area (Å²) in [7, 11) is 1.55. The number of benzene rings is 1. The highest BCUT2D eigenvalue weighted by Gasteiger charge is 2.37. The van der Waals surface area contributed by atoms with E-state index in [1.54, 1.807) is 38.3 Å². The molecule has 1 aromatic rings. The van der Waals surface area contributed by atoms with Gasteiger partial charge in [-0.1, -0.05) is 12.1 Å². The Balaban J connectivity index is 2.72. The first-order chi connectivity index (χ1) is 11.8. The lowest BCUT2D eigenvalue weighted by atomic mass is 10.1. The average molecular weight is 357 g/mol. The van der Waals surface area contributed by atoms with E-state index in [1.165, 1.54) is 4.90 Å². The SMILES string of the molecule is CCOC(=O)CCCN(Cc1ccc(OC)cc1)CC(F)(F)C(C)=O. The summed E-state index contributed by atoms with van der Waals surface area (Å²) in [5.41, 5.74) is 0.816. The molecule has 0 fully saturated rings. The van der Waals surface area contributed by atoms with Gasteiger partial charge in [-0.3, -0.25) is 14.5 Å². The quantitative estimate of drug-likeness (QED) is 0.570. The standard InChI is InChI=1S/C18H25F2NO4/c1-4-25-17(23)6-5-11-21(13-18(19,20)14(2)22)12-15-7-9-16(24-3)10-8-15/h7-10H,4-6,11-13H2,1-3H3. The number of hydrogen-bond acceptors (Lipinski definition) is 5. The Hall–Kier alpha value is -2.02. The van der Waals surface area contributed by atoms with Gasteiger partial charge in [0.25, 0.3) is 0 Å². The minimum absolute atomic E-state index is 0.151. The summed E-state index contributed by atoms with van der Waals surface area (Å²) in [5, 5.41) is 0. The van der Waals surface area contributed by atoms with Crippen molar-refractivity contribution in [3.8, 4) is 5.75 Å². The summed E-state index contributed by atoms with van der Waals surface area (Å²) >= 11 is 0. The van der Waals surface area contributed by atoms with Crippen LogP contribution < -0.4 is 4.74 Å². The van der Waals surface area contributed by atoms with Crippen LogP contribution in [0.4, 0.5) is 8.78 Å². The van der Waals surface area contributed by atoms with E-state index in [-0.39, 0.29) is 32.1 Å². The predicted octanol–water partition coefficient (Wildman–Crippen LogP) is 3.06. The minimum atomic E-state index is -3.42. The van der Waals surface area contributed by atoms with Gasteiger partial charge in [0.05, 0.1) is 20.3 Å². The first kappa shape index (κ1) is 21.0. The molecule has 0 aliphatic carbocycles. The highest BCUT2D eigenvalue weighted by Crippen LogP contribution is 2.20. The second kappa shape index (κ2) is 10.1. The maximum Gasteiger partial charge on any atom is 0.317 e. The molecular weight excluding hydrogens is 332 g/mol. The predicted molar refractivity (Wildman–Crippen MR) is 89.8 cm³/mol. The Morgan fingerprint density at radius 1 is 1.20 bits per heavy atom. The minimum Gasteiger partial charge on any atom is -0.497 e. The van der Waals surface area contributed by atoms with Gasteiger partial charge in [-0.2, -0.15) is 8.78 Å². The molecule has 0 unspecified atom stereocenters. The largest absolute Gasteiger partial charge is 0.497 e. The topological polar surface area (TPSA) is 55.8 Å². The molecule has 7 heteroatoms. The van der Waals surface area contributed by atoms with Crippen LogP contribution in [0.3, 0.4) is 0 Å². The van der Waals surface area contributed by atoms with Gasteiger partial charge in [0.2, 0.25) is 0 Å². The molecule has 0 aliphatic rings. The number of Topliss-reactive ketones (excluding diaryl/α,β-unsaturated/α-hetero) is 1. The molecular formula is C18H25F2NO4. The first-order valence-corrected chi connectivity index (χ1v) is 8.18. The highest BCUT2D eigenvalue weighted by atomic mass is 19.3. The Labute approximate surface area is 146 Å². The van der Waals surface area contributed by atoms with E-state index < -0.39 is 18.3 Å². The molecule has 1 aromatic carbocycles. The maximum atomic E-state index is 13.8. The number of rotatable bonds is 11. The zero-order chi connectivity index (χ0) is 18.9. The number of hydrogen-bond donors (Lipinski definition) is 0. The fraction of sp³-hybridized carbons (Fsp3) is 0.556. The lowest BCUT2D eigenvalue weighted by Crippen LogP contribution is -2.41. The number of methoxy groups -OCH3 is 1. The van der Waals surface area contributed by atoms with Crippen molar-refractivity contribution in [3.63, 3.8) is 0 Å². The van der Waals surface area contributed by atoms with Crippen molar-refractivity contribution < 1.29 is 27.8 Å². The molecule has 140 valence electrons. The van der Waals surface area contributed by atoms with Gasteiger partial charge in [0.15, 0.2) is 5.78 Å². The molecule has 0 radical (unpaired) electrons. The molecule has 5 nitrogen and oxygen atoms in total. The number of nitrogens with zero attached hydrogens (tertiary/aromatic N) is 1. The lowest BCUT2D eigenvalue weighted by molar-refractivity contribution is -0.145. The second-order valence-electron chi connectivity index (χ2n) is 5.73. The Morgan fingerprint density at radius 2 is 1.84 bits per heavy atom. The molecule has 1 rings (SSSR count). The number of halogens is 2. The zero-order valence-electron chi connectivity index (χ0n) is 14.9. The van der Waals surface area contributed by atoms with Crippen molar-refractivity contribution >= 4 is 11.8 Å². The molecule has 0 spiro atoms. The zero-order valence-corrected chi connectivity index (χ0v) is 14.9. The summed E-state index contributed by atoms with van der Waals surface area (Å²) in [6, 6.07) is 7.05. The fourth-order valence-electron chi connectivity index (χ4n) is 2.28. The van der Waals surface area contributed by atoms with Crippen molar-refractivity contribution in [1.29, 1.82) is 0 Å². The van der Waals surface area contributed by atoms with Crippen molar-refractivity contribution in [2.75, 3.05) is 26.8 Å². The molecule has 0 atom stereocenters. The summed E-state index contributed by atoms with van der Waals surface area (Å²) in [6.07, 6.45) is 0.529. The molecule has 0 aromatic heterocycles. The fourth-order valence-corrected chi connectivity index (χ4v) is 2.28. The van der Waals surface area contributed by atoms with Crippen LogP contribution in [0.15, 0.2) is 24.3 Å². The van der Waals surface area contributed by atoms with Crippen LogP contribution in [-0.2, 0) is 20.9 Å². The maximum absolute atomic E-state index is 13.8. The number of esters is 1. The second-order valence-corrected chi connectivity index (χ2v) is 5.73. The number of ether oxygens (including phenoxy) is 2. The summed E-state index contributed by atoms with van der Waals surface area (Å²) < 4.78 is 37.5. The van der Waals surface area contributed by atoms with Crippen LogP contribution in [0.2, 0.25) is 0 Å². The van der Waals surface area contributed by atoms with Gasteiger partial charge in [-0.05, 0) is 37.6 Å². The van der Waals surface area contributed by atoms with Crippen LogP contribution in [-0.4, -0.2) is 49.4 Å². The van der Waals surface area contributed by atoms with Gasteiger partial charge in [0.1, 0.15) is 5.75 Å². The van der Waals surface area contributed by atoms with Gasteiger partial charge < -0.3 is 9.47 Å². The van der Waals surface area contributed by atoms with E-state index in [0.29, 0.717) is 12.2 Å². The molecule has 0 saturated carbocycles. The average Bonchev–Trinajstić information content (AvgIpc) is 2.55. The lowest BCUT2D eigenvalue weighted by Gasteiger charge is -2.26. The van der Waals surface area contributed by atoms with Gasteiger partial charge >= 0.3 is 11.9 Å². The molecule has 0 amide bonds. The Bertz CT molecular complexity index is 561. The Morgan fingerprint density at radius 3 is 2.36 bits per heavy atom. The monoisotopic (exact) mass is 357 g/mol. The van der Waals surface area contributed by atoms with Gasteiger partial charge in [-0.15, -0.1) is 0 Å². The van der Waals surface area contributed by atoms with E-state index in [4.69, 9.17) is 9.47 Å². The smallest absolute Gasteiger partial charge is 0.317 e. The first-order valence-electron chi connectivity index (χ1n) is 8.18. The molecule has 0 bridgehead atoms. The normalized spacial score (nSPS) is 11.4. The van der Waals surface area contributed by atoms with E-state index in [1.807, 2.05) is 0 Å². The van der Waals surface area contributed by atoms with Crippen LogP contribution in [0.25, 0.3) is 0 Å². The van der Waals surface area contributed by atoms with Crippen LogP contribution in [0.5, 0.6) is 5.75 Å². The summed E-state index contributed by atoms with van der Waals surface area (Å²) in [6.45, 7) is 2.70. The molecule has 0 aliphatic heterocycles.